The van der Waals surface area contributed by atoms with Crippen LogP contribution in [-0.2, 0) is 4.79 Å². The molecule has 1 aromatic heterocycles. The summed E-state index contributed by atoms with van der Waals surface area (Å²) in [4.78, 5) is 26.0. The lowest BCUT2D eigenvalue weighted by Crippen LogP contribution is -2.88. The van der Waals surface area contributed by atoms with Gasteiger partial charge in [-0.2, -0.15) is 0 Å². The lowest BCUT2D eigenvalue weighted by molar-refractivity contribution is -0.713. The van der Waals surface area contributed by atoms with Crippen LogP contribution in [0.2, 0.25) is 0 Å². The third kappa shape index (κ3) is 5.06. The van der Waals surface area contributed by atoms with Crippen LogP contribution in [0.4, 0.5) is 4.79 Å². The Balaban J connectivity index is 1.92. The smallest absolute Gasteiger partial charge is 0.321 e. The molecule has 2 atom stereocenters. The van der Waals surface area contributed by atoms with E-state index in [4.69, 9.17) is 0 Å². The van der Waals surface area contributed by atoms with Gasteiger partial charge in [-0.3, -0.25) is 10.1 Å². The number of rotatable bonds is 7. The summed E-state index contributed by atoms with van der Waals surface area (Å²) in [7, 11) is 0. The van der Waals surface area contributed by atoms with Crippen molar-refractivity contribution in [1.29, 1.82) is 0 Å². The molecule has 0 saturated carbocycles. The molecule has 3 amide bonds. The van der Waals surface area contributed by atoms with Gasteiger partial charge < -0.3 is 10.6 Å². The van der Waals surface area contributed by atoms with Crippen LogP contribution in [-0.4, -0.2) is 18.5 Å². The van der Waals surface area contributed by atoms with Gasteiger partial charge in [0.15, 0.2) is 6.04 Å². The minimum Gasteiger partial charge on any atom is -0.338 e. The van der Waals surface area contributed by atoms with E-state index in [9.17, 15) is 9.59 Å². The summed E-state index contributed by atoms with van der Waals surface area (Å²) >= 11 is 1.65. The van der Waals surface area contributed by atoms with Crippen molar-refractivity contribution in [3.63, 3.8) is 0 Å². The van der Waals surface area contributed by atoms with Gasteiger partial charge >= 0.3 is 6.03 Å². The van der Waals surface area contributed by atoms with Crippen molar-refractivity contribution in [2.75, 3.05) is 6.54 Å². The first kappa shape index (κ1) is 19.8. The first-order valence-corrected chi connectivity index (χ1v) is 10.1. The molecule has 0 spiro atoms. The minimum absolute atomic E-state index is 0.0496. The normalized spacial score (nSPS) is 12.8. The highest BCUT2D eigenvalue weighted by Gasteiger charge is 2.31. The Morgan fingerprint density at radius 2 is 1.57 bits per heavy atom. The molecule has 0 saturated heterocycles. The molecule has 6 heteroatoms. The molecule has 0 radical (unpaired) electrons. The standard InChI is InChI=1S/C22H23N3O2S/c1-2-23-22(27)25-21(26)20(17-12-7-4-8-13-17)24-19(18-14-9-15-28-18)16-10-5-3-6-11-16/h3-15,19-20,24H,2H2,1H3,(H2,23,25,26,27)/p+1/t19-,20+/m1/s1. The van der Waals surface area contributed by atoms with E-state index in [2.05, 4.69) is 28.8 Å². The second-order valence-electron chi connectivity index (χ2n) is 6.33. The van der Waals surface area contributed by atoms with E-state index in [1.807, 2.05) is 72.2 Å². The maximum atomic E-state index is 13.0. The molecule has 0 fully saturated rings. The van der Waals surface area contributed by atoms with Gasteiger partial charge in [-0.1, -0.05) is 66.7 Å². The fraction of sp³-hybridized carbons (Fsp3) is 0.182. The van der Waals surface area contributed by atoms with Crippen LogP contribution in [0, 0.1) is 0 Å². The molecule has 0 aliphatic carbocycles. The average Bonchev–Trinajstić information content (AvgIpc) is 3.24. The molecular formula is C22H24N3O2S+. The Morgan fingerprint density at radius 3 is 2.14 bits per heavy atom. The number of nitrogens with two attached hydrogens (primary N) is 1. The van der Waals surface area contributed by atoms with Crippen LogP contribution >= 0.6 is 11.3 Å². The zero-order chi connectivity index (χ0) is 19.8. The van der Waals surface area contributed by atoms with Gasteiger partial charge in [0.2, 0.25) is 0 Å². The topological polar surface area (TPSA) is 74.8 Å². The summed E-state index contributed by atoms with van der Waals surface area (Å²) in [5.74, 6) is -0.338. The average molecular weight is 395 g/mol. The number of hydrogen-bond acceptors (Lipinski definition) is 3. The molecule has 0 unspecified atom stereocenters. The number of quaternary nitrogens is 1. The van der Waals surface area contributed by atoms with Crippen molar-refractivity contribution in [3.05, 3.63) is 94.2 Å². The highest BCUT2D eigenvalue weighted by atomic mass is 32.1. The molecule has 5 nitrogen and oxygen atoms in total. The SMILES string of the molecule is CCNC(=O)NC(=O)[C@@H]([NH2+][C@H](c1ccccc1)c1cccs1)c1ccccc1. The van der Waals surface area contributed by atoms with Crippen LogP contribution in [0.1, 0.15) is 35.0 Å². The van der Waals surface area contributed by atoms with Gasteiger partial charge in [-0.05, 0) is 18.4 Å². The van der Waals surface area contributed by atoms with Crippen molar-refractivity contribution < 1.29 is 14.9 Å². The first-order chi connectivity index (χ1) is 13.7. The lowest BCUT2D eigenvalue weighted by Gasteiger charge is -2.22. The molecule has 2 aromatic carbocycles. The monoisotopic (exact) mass is 394 g/mol. The molecule has 0 bridgehead atoms. The summed E-state index contributed by atoms with van der Waals surface area (Å²) in [6, 6.07) is 22.6. The number of amides is 3. The quantitative estimate of drug-likeness (QED) is 0.576. The maximum absolute atomic E-state index is 13.0. The maximum Gasteiger partial charge on any atom is 0.321 e. The van der Waals surface area contributed by atoms with E-state index < -0.39 is 12.1 Å². The predicted molar refractivity (Wildman–Crippen MR) is 111 cm³/mol. The number of thiophene rings is 1. The summed E-state index contributed by atoms with van der Waals surface area (Å²) in [6.07, 6.45) is 0. The van der Waals surface area contributed by atoms with Crippen molar-refractivity contribution >= 4 is 23.3 Å². The van der Waals surface area contributed by atoms with Crippen molar-refractivity contribution in [1.82, 2.24) is 10.6 Å². The third-order valence-electron chi connectivity index (χ3n) is 4.41. The number of nitrogens with one attached hydrogen (secondary N) is 2. The summed E-state index contributed by atoms with van der Waals surface area (Å²) < 4.78 is 0. The zero-order valence-electron chi connectivity index (χ0n) is 15.7. The van der Waals surface area contributed by atoms with Gasteiger partial charge in [0.05, 0.1) is 4.88 Å². The molecule has 28 heavy (non-hydrogen) atoms. The number of urea groups is 1. The van der Waals surface area contributed by atoms with Crippen LogP contribution in [0.5, 0.6) is 0 Å². The summed E-state index contributed by atoms with van der Waals surface area (Å²) in [6.45, 7) is 2.27. The fourth-order valence-electron chi connectivity index (χ4n) is 3.10. The predicted octanol–water partition coefficient (Wildman–Crippen LogP) is 2.99. The molecule has 0 aliphatic rings. The lowest BCUT2D eigenvalue weighted by atomic mass is 10.0. The Bertz CT molecular complexity index is 883. The Morgan fingerprint density at radius 1 is 0.929 bits per heavy atom. The number of carbonyl (C=O) groups excluding carboxylic acids is 2. The van der Waals surface area contributed by atoms with E-state index in [0.717, 1.165) is 16.0 Å². The number of carbonyl (C=O) groups is 2. The molecule has 144 valence electrons. The van der Waals surface area contributed by atoms with Crippen LogP contribution < -0.4 is 16.0 Å². The van der Waals surface area contributed by atoms with Crippen LogP contribution in [0.25, 0.3) is 0 Å². The zero-order valence-corrected chi connectivity index (χ0v) is 16.5. The van der Waals surface area contributed by atoms with Crippen molar-refractivity contribution in [2.45, 2.75) is 19.0 Å². The van der Waals surface area contributed by atoms with E-state index in [-0.39, 0.29) is 11.9 Å². The second-order valence-corrected chi connectivity index (χ2v) is 7.31. The van der Waals surface area contributed by atoms with E-state index in [1.165, 1.54) is 0 Å². The van der Waals surface area contributed by atoms with E-state index >= 15 is 0 Å². The third-order valence-corrected chi connectivity index (χ3v) is 5.36. The largest absolute Gasteiger partial charge is 0.338 e. The molecule has 1 heterocycles. The van der Waals surface area contributed by atoms with Gasteiger partial charge in [0, 0.05) is 17.7 Å². The number of hydrogen-bond donors (Lipinski definition) is 3. The minimum atomic E-state index is -0.559. The number of benzene rings is 2. The van der Waals surface area contributed by atoms with Crippen LogP contribution in [0.3, 0.4) is 0 Å². The molecular weight excluding hydrogens is 370 g/mol. The fourth-order valence-corrected chi connectivity index (χ4v) is 3.93. The van der Waals surface area contributed by atoms with Gasteiger partial charge in [-0.25, -0.2) is 4.79 Å². The molecule has 3 rings (SSSR count). The van der Waals surface area contributed by atoms with E-state index in [0.29, 0.717) is 6.54 Å². The highest BCUT2D eigenvalue weighted by Crippen LogP contribution is 2.24. The Labute approximate surface area is 168 Å². The van der Waals surface area contributed by atoms with Gasteiger partial charge in [0.25, 0.3) is 5.91 Å². The molecule has 3 aromatic rings. The van der Waals surface area contributed by atoms with E-state index in [1.54, 1.807) is 11.3 Å². The Hall–Kier alpha value is -2.96. The van der Waals surface area contributed by atoms with Gasteiger partial charge in [-0.15, -0.1) is 11.3 Å². The molecule has 0 aliphatic heterocycles. The number of imide groups is 1. The van der Waals surface area contributed by atoms with Crippen LogP contribution in [0.15, 0.2) is 78.2 Å². The Kier molecular flexibility index (Phi) is 6.94. The first-order valence-electron chi connectivity index (χ1n) is 9.26. The second kappa shape index (κ2) is 9.82. The van der Waals surface area contributed by atoms with Gasteiger partial charge in [0.1, 0.15) is 6.04 Å². The van der Waals surface area contributed by atoms with Crippen molar-refractivity contribution in [2.24, 2.45) is 0 Å². The highest BCUT2D eigenvalue weighted by molar-refractivity contribution is 7.10. The summed E-state index contributed by atoms with van der Waals surface area (Å²) in [5.41, 5.74) is 1.96. The molecule has 4 N–H and O–H groups in total. The summed E-state index contributed by atoms with van der Waals surface area (Å²) in [5, 5.41) is 9.13. The van der Waals surface area contributed by atoms with Crippen molar-refractivity contribution in [3.8, 4) is 0 Å².